The number of nitrogens with one attached hydrogen (secondary N) is 1. The maximum atomic E-state index is 11.5. The fourth-order valence-corrected chi connectivity index (χ4v) is 5.26. The lowest BCUT2D eigenvalue weighted by molar-refractivity contribution is 0.249. The molecule has 2 unspecified atom stereocenters. The first kappa shape index (κ1) is 13.6. The van der Waals surface area contributed by atoms with E-state index in [9.17, 15) is 8.42 Å². The summed E-state index contributed by atoms with van der Waals surface area (Å²) in [6.45, 7) is 1.62. The third kappa shape index (κ3) is 4.12. The van der Waals surface area contributed by atoms with E-state index in [0.29, 0.717) is 24.1 Å². The summed E-state index contributed by atoms with van der Waals surface area (Å²) >= 11 is 2.02. The normalized spacial score (nSPS) is 33.1. The van der Waals surface area contributed by atoms with Gasteiger partial charge in [-0.2, -0.15) is 11.8 Å². The van der Waals surface area contributed by atoms with E-state index in [-0.39, 0.29) is 6.04 Å². The fraction of sp³-hybridized carbons (Fsp3) is 1.00. The van der Waals surface area contributed by atoms with E-state index in [0.717, 1.165) is 13.0 Å². The minimum atomic E-state index is -2.78. The van der Waals surface area contributed by atoms with Gasteiger partial charge in [-0.05, 0) is 32.2 Å². The van der Waals surface area contributed by atoms with Crippen LogP contribution in [0, 0.1) is 0 Å². The van der Waals surface area contributed by atoms with Gasteiger partial charge >= 0.3 is 0 Å². The lowest BCUT2D eigenvalue weighted by Crippen LogP contribution is -2.47. The van der Waals surface area contributed by atoms with Crippen LogP contribution in [-0.4, -0.2) is 68.5 Å². The monoisotopic (exact) mass is 278 g/mol. The van der Waals surface area contributed by atoms with Crippen molar-refractivity contribution in [1.82, 2.24) is 10.2 Å². The largest absolute Gasteiger partial charge is 0.312 e. The van der Waals surface area contributed by atoms with Crippen LogP contribution in [0.25, 0.3) is 0 Å². The molecule has 0 amide bonds. The molecule has 4 nitrogen and oxygen atoms in total. The van der Waals surface area contributed by atoms with Crippen molar-refractivity contribution in [1.29, 1.82) is 0 Å². The molecule has 0 saturated carbocycles. The first-order chi connectivity index (χ1) is 8.07. The van der Waals surface area contributed by atoms with Gasteiger partial charge in [-0.3, -0.25) is 0 Å². The Morgan fingerprint density at radius 3 is 2.94 bits per heavy atom. The van der Waals surface area contributed by atoms with Crippen molar-refractivity contribution in [2.75, 3.05) is 43.1 Å². The molecular weight excluding hydrogens is 256 g/mol. The average molecular weight is 278 g/mol. The molecule has 0 aliphatic carbocycles. The molecule has 0 aromatic heterocycles. The molecule has 2 aliphatic heterocycles. The molecular formula is C11H22N2O2S2. The predicted octanol–water partition coefficient (Wildman–Crippen LogP) is 0.200. The number of hydrogen-bond donors (Lipinski definition) is 1. The maximum absolute atomic E-state index is 11.5. The van der Waals surface area contributed by atoms with Crippen LogP contribution in [0.15, 0.2) is 0 Å². The van der Waals surface area contributed by atoms with Crippen molar-refractivity contribution in [2.45, 2.75) is 24.9 Å². The van der Waals surface area contributed by atoms with Gasteiger partial charge in [0.25, 0.3) is 0 Å². The summed E-state index contributed by atoms with van der Waals surface area (Å²) in [4.78, 5) is 2.39. The van der Waals surface area contributed by atoms with Crippen molar-refractivity contribution in [2.24, 2.45) is 0 Å². The van der Waals surface area contributed by atoms with Gasteiger partial charge < -0.3 is 10.2 Å². The Morgan fingerprint density at radius 2 is 2.29 bits per heavy atom. The van der Waals surface area contributed by atoms with E-state index in [2.05, 4.69) is 17.3 Å². The molecule has 2 heterocycles. The Labute approximate surface area is 108 Å². The molecule has 1 N–H and O–H groups in total. The molecule has 2 atom stereocenters. The van der Waals surface area contributed by atoms with Gasteiger partial charge in [0.05, 0.1) is 11.5 Å². The molecule has 6 heteroatoms. The van der Waals surface area contributed by atoms with Crippen molar-refractivity contribution < 1.29 is 8.42 Å². The zero-order valence-corrected chi connectivity index (χ0v) is 12.0. The average Bonchev–Trinajstić information content (AvgIpc) is 2.78. The first-order valence-corrected chi connectivity index (χ1v) is 9.26. The lowest BCUT2D eigenvalue weighted by Gasteiger charge is -2.28. The number of hydrogen-bond acceptors (Lipinski definition) is 5. The molecule has 0 spiro atoms. The highest BCUT2D eigenvalue weighted by molar-refractivity contribution is 7.99. The van der Waals surface area contributed by atoms with Crippen LogP contribution in [0.4, 0.5) is 0 Å². The molecule has 2 saturated heterocycles. The Bertz CT molecular complexity index is 339. The van der Waals surface area contributed by atoms with E-state index in [1.54, 1.807) is 0 Å². The van der Waals surface area contributed by atoms with Gasteiger partial charge in [0.15, 0.2) is 9.84 Å². The number of rotatable bonds is 4. The van der Waals surface area contributed by atoms with Crippen LogP contribution in [0.2, 0.25) is 0 Å². The third-order valence-corrected chi connectivity index (χ3v) is 6.54. The Hall–Kier alpha value is 0.220. The fourth-order valence-electron chi connectivity index (χ4n) is 2.46. The minimum Gasteiger partial charge on any atom is -0.312 e. The van der Waals surface area contributed by atoms with Crippen molar-refractivity contribution in [3.63, 3.8) is 0 Å². The molecule has 100 valence electrons. The highest BCUT2D eigenvalue weighted by Gasteiger charge is 2.25. The topological polar surface area (TPSA) is 49.4 Å². The van der Waals surface area contributed by atoms with Crippen LogP contribution in [0.5, 0.6) is 0 Å². The first-order valence-electron chi connectivity index (χ1n) is 6.28. The molecule has 2 aliphatic rings. The van der Waals surface area contributed by atoms with E-state index in [4.69, 9.17) is 0 Å². The van der Waals surface area contributed by atoms with Crippen molar-refractivity contribution >= 4 is 21.6 Å². The SMILES string of the molecule is CN(CCC1CS(=O)(=O)CCN1)C1CCSC1. The van der Waals surface area contributed by atoms with E-state index in [1.807, 2.05) is 11.8 Å². The summed E-state index contributed by atoms with van der Waals surface area (Å²) in [5.74, 6) is 3.12. The maximum Gasteiger partial charge on any atom is 0.153 e. The van der Waals surface area contributed by atoms with E-state index < -0.39 is 9.84 Å². The standard InChI is InChI=1S/C11H22N2O2S2/c1-13(11-3-6-16-8-11)5-2-10-9-17(14,15)7-4-12-10/h10-12H,2-9H2,1H3. The van der Waals surface area contributed by atoms with Gasteiger partial charge in [-0.25, -0.2) is 8.42 Å². The highest BCUT2D eigenvalue weighted by Crippen LogP contribution is 2.21. The minimum absolute atomic E-state index is 0.158. The van der Waals surface area contributed by atoms with Gasteiger partial charge in [-0.1, -0.05) is 0 Å². The van der Waals surface area contributed by atoms with E-state index >= 15 is 0 Å². The summed E-state index contributed by atoms with van der Waals surface area (Å²) in [6, 6.07) is 0.852. The van der Waals surface area contributed by atoms with Crippen LogP contribution >= 0.6 is 11.8 Å². The number of nitrogens with zero attached hydrogens (tertiary/aromatic N) is 1. The molecule has 17 heavy (non-hydrogen) atoms. The molecule has 2 fully saturated rings. The second-order valence-electron chi connectivity index (χ2n) is 5.05. The highest BCUT2D eigenvalue weighted by atomic mass is 32.2. The summed E-state index contributed by atoms with van der Waals surface area (Å²) in [5, 5.41) is 3.31. The van der Waals surface area contributed by atoms with Gasteiger partial charge in [0.2, 0.25) is 0 Å². The van der Waals surface area contributed by atoms with Gasteiger partial charge in [0.1, 0.15) is 0 Å². The molecule has 0 bridgehead atoms. The second-order valence-corrected chi connectivity index (χ2v) is 8.43. The smallest absolute Gasteiger partial charge is 0.153 e. The van der Waals surface area contributed by atoms with Gasteiger partial charge in [-0.15, -0.1) is 0 Å². The van der Waals surface area contributed by atoms with Crippen LogP contribution in [0.3, 0.4) is 0 Å². The van der Waals surface area contributed by atoms with E-state index in [1.165, 1.54) is 17.9 Å². The van der Waals surface area contributed by atoms with Gasteiger partial charge in [0, 0.05) is 24.4 Å². The summed E-state index contributed by atoms with van der Waals surface area (Å²) < 4.78 is 23.0. The van der Waals surface area contributed by atoms with Crippen LogP contribution in [0.1, 0.15) is 12.8 Å². The quantitative estimate of drug-likeness (QED) is 0.796. The van der Waals surface area contributed by atoms with Crippen LogP contribution in [-0.2, 0) is 9.84 Å². The molecule has 0 aromatic rings. The number of sulfone groups is 1. The number of thioether (sulfide) groups is 1. The zero-order valence-electron chi connectivity index (χ0n) is 10.4. The van der Waals surface area contributed by atoms with Crippen molar-refractivity contribution in [3.05, 3.63) is 0 Å². The predicted molar refractivity (Wildman–Crippen MR) is 73.4 cm³/mol. The summed E-state index contributed by atoms with van der Waals surface area (Å²) in [5.41, 5.74) is 0. The third-order valence-electron chi connectivity index (χ3n) is 3.66. The molecule has 2 rings (SSSR count). The molecule has 0 radical (unpaired) electrons. The van der Waals surface area contributed by atoms with Crippen molar-refractivity contribution in [3.8, 4) is 0 Å². The van der Waals surface area contributed by atoms with Crippen LogP contribution < -0.4 is 5.32 Å². The lowest BCUT2D eigenvalue weighted by atomic mass is 10.2. The summed E-state index contributed by atoms with van der Waals surface area (Å²) in [6.07, 6.45) is 2.22. The Kier molecular flexibility index (Phi) is 4.74. The Morgan fingerprint density at radius 1 is 1.47 bits per heavy atom. The molecule has 0 aromatic carbocycles. The zero-order chi connectivity index (χ0) is 12.3. The second kappa shape index (κ2) is 5.91. The Balaban J connectivity index is 1.74. The summed E-state index contributed by atoms with van der Waals surface area (Å²) in [7, 11) is -0.623.